The molecule has 2 aliphatic rings. The van der Waals surface area contributed by atoms with E-state index in [0.29, 0.717) is 11.8 Å². The second kappa shape index (κ2) is 5.53. The second-order valence-corrected chi connectivity index (χ2v) is 6.75. The zero-order valence-corrected chi connectivity index (χ0v) is 13.4. The second-order valence-electron chi connectivity index (χ2n) is 6.75. The van der Waals surface area contributed by atoms with Crippen molar-refractivity contribution in [3.8, 4) is 0 Å². The van der Waals surface area contributed by atoms with E-state index in [-0.39, 0.29) is 11.3 Å². The van der Waals surface area contributed by atoms with Crippen LogP contribution in [0.4, 0.5) is 0 Å². The normalized spacial score (nSPS) is 27.9. The lowest BCUT2D eigenvalue weighted by atomic mass is 9.69. The van der Waals surface area contributed by atoms with Gasteiger partial charge in [-0.2, -0.15) is 0 Å². The van der Waals surface area contributed by atoms with Crippen LogP contribution in [-0.4, -0.2) is 48.4 Å². The van der Waals surface area contributed by atoms with Gasteiger partial charge in [0, 0.05) is 24.5 Å². The monoisotopic (exact) mass is 310 g/mol. The fourth-order valence-corrected chi connectivity index (χ4v) is 4.35. The molecular weight excluding hydrogens is 288 g/mol. The number of carbonyl (C=O) groups is 1. The number of amides is 1. The maximum Gasteiger partial charge on any atom is 0.289 e. The topological polar surface area (TPSA) is 36.7 Å². The van der Waals surface area contributed by atoms with Gasteiger partial charge in [0.25, 0.3) is 5.91 Å². The summed E-state index contributed by atoms with van der Waals surface area (Å²) >= 11 is 0. The fourth-order valence-electron chi connectivity index (χ4n) is 4.35. The first kappa shape index (κ1) is 14.5. The molecule has 3 heterocycles. The molecule has 0 spiro atoms. The average molecular weight is 310 g/mol. The Bertz CT molecular complexity index is 683. The lowest BCUT2D eigenvalue weighted by Crippen LogP contribution is -2.56. The Morgan fingerprint density at radius 2 is 1.91 bits per heavy atom. The summed E-state index contributed by atoms with van der Waals surface area (Å²) in [4.78, 5) is 17.0. The van der Waals surface area contributed by atoms with Gasteiger partial charge in [-0.05, 0) is 44.1 Å². The number of benzene rings is 1. The highest BCUT2D eigenvalue weighted by Gasteiger charge is 2.50. The van der Waals surface area contributed by atoms with E-state index in [1.165, 1.54) is 12.0 Å². The molecule has 23 heavy (non-hydrogen) atoms. The first-order valence-corrected chi connectivity index (χ1v) is 8.29. The van der Waals surface area contributed by atoms with Gasteiger partial charge in [-0.3, -0.25) is 4.79 Å². The van der Waals surface area contributed by atoms with Crippen LogP contribution in [-0.2, 0) is 5.41 Å². The lowest BCUT2D eigenvalue weighted by molar-refractivity contribution is 0.0524. The third-order valence-electron chi connectivity index (χ3n) is 5.67. The van der Waals surface area contributed by atoms with Gasteiger partial charge in [0.05, 0.1) is 6.26 Å². The van der Waals surface area contributed by atoms with Crippen molar-refractivity contribution in [2.24, 2.45) is 0 Å². The van der Waals surface area contributed by atoms with Crippen LogP contribution < -0.4 is 0 Å². The number of carbonyl (C=O) groups excluding carboxylic acids is 1. The highest BCUT2D eigenvalue weighted by Crippen LogP contribution is 2.45. The molecule has 2 aromatic rings. The molecule has 2 fully saturated rings. The molecule has 120 valence electrons. The predicted octanol–water partition coefficient (Wildman–Crippen LogP) is 2.77. The van der Waals surface area contributed by atoms with Gasteiger partial charge >= 0.3 is 0 Å². The van der Waals surface area contributed by atoms with E-state index in [9.17, 15) is 4.79 Å². The summed E-state index contributed by atoms with van der Waals surface area (Å²) in [5, 5.41) is 0. The fraction of sp³-hybridized carbons (Fsp3) is 0.421. The largest absolute Gasteiger partial charge is 0.459 e. The minimum absolute atomic E-state index is 0.0111. The Labute approximate surface area is 136 Å². The zero-order valence-electron chi connectivity index (χ0n) is 13.4. The Balaban J connectivity index is 1.62. The third-order valence-corrected chi connectivity index (χ3v) is 5.67. The van der Waals surface area contributed by atoms with E-state index >= 15 is 0 Å². The molecule has 0 saturated carbocycles. The third kappa shape index (κ3) is 2.29. The Hall–Kier alpha value is -2.07. The average Bonchev–Trinajstić information content (AvgIpc) is 3.24. The van der Waals surface area contributed by atoms with E-state index in [1.807, 2.05) is 4.90 Å². The molecule has 4 rings (SSSR count). The van der Waals surface area contributed by atoms with Crippen LogP contribution in [0.25, 0.3) is 0 Å². The number of hydrogen-bond acceptors (Lipinski definition) is 3. The molecule has 0 N–H and O–H groups in total. The highest BCUT2D eigenvalue weighted by molar-refractivity contribution is 5.91. The molecule has 1 amide bonds. The van der Waals surface area contributed by atoms with Gasteiger partial charge in [-0.25, -0.2) is 0 Å². The number of furan rings is 1. The van der Waals surface area contributed by atoms with Crippen LogP contribution in [0.15, 0.2) is 53.1 Å². The van der Waals surface area contributed by atoms with E-state index in [2.05, 4.69) is 42.3 Å². The van der Waals surface area contributed by atoms with E-state index in [4.69, 9.17) is 4.42 Å². The molecule has 0 aliphatic carbocycles. The van der Waals surface area contributed by atoms with Crippen molar-refractivity contribution in [3.05, 3.63) is 60.1 Å². The maximum atomic E-state index is 12.6. The number of hydrogen-bond donors (Lipinski definition) is 0. The summed E-state index contributed by atoms with van der Waals surface area (Å²) in [5.74, 6) is 0.454. The van der Waals surface area contributed by atoms with Crippen molar-refractivity contribution in [2.45, 2.75) is 24.3 Å². The highest BCUT2D eigenvalue weighted by atomic mass is 16.3. The van der Waals surface area contributed by atoms with Crippen molar-refractivity contribution >= 4 is 5.91 Å². The Kier molecular flexibility index (Phi) is 3.49. The summed E-state index contributed by atoms with van der Waals surface area (Å²) in [6.07, 6.45) is 3.74. The molecular formula is C19H22N2O2. The first-order valence-electron chi connectivity index (χ1n) is 8.29. The van der Waals surface area contributed by atoms with Crippen LogP contribution in [0.3, 0.4) is 0 Å². The molecule has 2 unspecified atom stereocenters. The summed E-state index contributed by atoms with van der Waals surface area (Å²) < 4.78 is 5.29. The minimum Gasteiger partial charge on any atom is -0.459 e. The summed E-state index contributed by atoms with van der Waals surface area (Å²) in [6, 6.07) is 14.7. The number of piperidine rings is 1. The van der Waals surface area contributed by atoms with Gasteiger partial charge in [-0.15, -0.1) is 0 Å². The van der Waals surface area contributed by atoms with Crippen LogP contribution >= 0.6 is 0 Å². The van der Waals surface area contributed by atoms with Gasteiger partial charge in [0.2, 0.25) is 0 Å². The summed E-state index contributed by atoms with van der Waals surface area (Å²) in [5.41, 5.74) is 1.59. The predicted molar refractivity (Wildman–Crippen MR) is 88.4 cm³/mol. The Morgan fingerprint density at radius 3 is 2.65 bits per heavy atom. The van der Waals surface area contributed by atoms with Crippen molar-refractivity contribution in [3.63, 3.8) is 0 Å². The molecule has 0 bridgehead atoms. The van der Waals surface area contributed by atoms with Crippen LogP contribution in [0.1, 0.15) is 29.0 Å². The van der Waals surface area contributed by atoms with E-state index in [1.54, 1.807) is 18.4 Å². The zero-order chi connectivity index (χ0) is 15.9. The molecule has 2 aliphatic heterocycles. The van der Waals surface area contributed by atoms with Crippen molar-refractivity contribution in [1.29, 1.82) is 0 Å². The number of rotatable bonds is 2. The smallest absolute Gasteiger partial charge is 0.289 e. The summed E-state index contributed by atoms with van der Waals surface area (Å²) in [6.45, 7) is 2.64. The number of likely N-dealkylation sites (N-methyl/N-ethyl adjacent to an activating group) is 1. The maximum absolute atomic E-state index is 12.6. The molecule has 4 heteroatoms. The molecule has 1 aromatic carbocycles. The van der Waals surface area contributed by atoms with Crippen molar-refractivity contribution in [2.75, 3.05) is 26.7 Å². The number of likely N-dealkylation sites (tertiary alicyclic amines) is 2. The van der Waals surface area contributed by atoms with Crippen LogP contribution in [0.5, 0.6) is 0 Å². The number of fused-ring (bicyclic) bond motifs is 1. The molecule has 1 aromatic heterocycles. The van der Waals surface area contributed by atoms with Crippen LogP contribution in [0.2, 0.25) is 0 Å². The Morgan fingerprint density at radius 1 is 1.13 bits per heavy atom. The first-order chi connectivity index (χ1) is 11.2. The molecule has 2 saturated heterocycles. The van der Waals surface area contributed by atoms with E-state index in [0.717, 1.165) is 26.1 Å². The van der Waals surface area contributed by atoms with Gasteiger partial charge in [0.15, 0.2) is 5.76 Å². The van der Waals surface area contributed by atoms with Crippen molar-refractivity contribution < 1.29 is 9.21 Å². The molecule has 0 radical (unpaired) electrons. The SMILES string of the molecule is CN1CCC2(c3ccccc3)CCN(C(=O)c3ccco3)CC12. The summed E-state index contributed by atoms with van der Waals surface area (Å²) in [7, 11) is 2.18. The minimum atomic E-state index is 0.0111. The van der Waals surface area contributed by atoms with Gasteiger partial charge in [0.1, 0.15) is 0 Å². The number of nitrogens with zero attached hydrogens (tertiary/aromatic N) is 2. The molecule has 2 atom stereocenters. The lowest BCUT2D eigenvalue weighted by Gasteiger charge is -2.46. The van der Waals surface area contributed by atoms with E-state index < -0.39 is 0 Å². The van der Waals surface area contributed by atoms with Gasteiger partial charge < -0.3 is 14.2 Å². The van der Waals surface area contributed by atoms with Crippen LogP contribution in [0, 0.1) is 0 Å². The standard InChI is InChI=1S/C19H22N2O2/c1-20-11-9-19(15-6-3-2-4-7-15)10-12-21(14-17(19)20)18(22)16-8-5-13-23-16/h2-8,13,17H,9-12,14H2,1H3. The quantitative estimate of drug-likeness (QED) is 0.856. The van der Waals surface area contributed by atoms with Crippen molar-refractivity contribution in [1.82, 2.24) is 9.80 Å². The van der Waals surface area contributed by atoms with Gasteiger partial charge in [-0.1, -0.05) is 30.3 Å². The molecule has 4 nitrogen and oxygen atoms in total.